The molecule has 0 spiro atoms. The number of aromatic hydroxyl groups is 1. The van der Waals surface area contributed by atoms with Crippen LogP contribution in [0, 0.1) is 50.6 Å². The van der Waals surface area contributed by atoms with Gasteiger partial charge in [-0.1, -0.05) is 23.2 Å². The zero-order valence-corrected chi connectivity index (χ0v) is 21.2. The Hall–Kier alpha value is -5.05. The summed E-state index contributed by atoms with van der Waals surface area (Å²) >= 11 is 10.9. The Labute approximate surface area is 230 Å². The summed E-state index contributed by atoms with van der Waals surface area (Å²) in [5, 5.41) is 61.4. The van der Waals surface area contributed by atoms with Crippen molar-refractivity contribution < 1.29 is 42.7 Å². The van der Waals surface area contributed by atoms with Gasteiger partial charge < -0.3 is 5.11 Å². The van der Waals surface area contributed by atoms with Gasteiger partial charge >= 0.3 is 22.7 Å². The molecule has 22 heteroatoms. The van der Waals surface area contributed by atoms with Gasteiger partial charge in [0.25, 0.3) is 21.6 Å². The van der Waals surface area contributed by atoms with Crippen LogP contribution in [-0.4, -0.2) is 42.7 Å². The van der Waals surface area contributed by atoms with Crippen LogP contribution in [0.5, 0.6) is 5.75 Å². The number of hydrogen-bond acceptors (Lipinski definition) is 13. The average molecular weight is 624 g/mol. The lowest BCUT2D eigenvalue weighted by molar-refractivity contribution is -0.422. The minimum absolute atomic E-state index is 0.0947. The lowest BCUT2D eigenvalue weighted by atomic mass is 10.2. The van der Waals surface area contributed by atoms with Crippen molar-refractivity contribution in [2.75, 3.05) is 0 Å². The van der Waals surface area contributed by atoms with E-state index in [0.717, 1.165) is 12.1 Å². The number of hydrogen-bond donors (Lipinski definition) is 2. The summed E-state index contributed by atoms with van der Waals surface area (Å²) in [6.07, 6.45) is 0. The molecule has 212 valence electrons. The monoisotopic (exact) mass is 623 g/mol. The SMILES string of the molecule is O=S(=O)(O)c1ccc(Cl)cc1.O=[N+]([O-])c1cc([N+](=O)[O-])c(O)c([N+](=O)[O-])c1.O=[N+]([O-])c1ccc(Cl)cc1[N+](=O)[O-]. The molecular formula is C18H11Cl2N5O14S. The summed E-state index contributed by atoms with van der Waals surface area (Å²) in [5.41, 5.74) is -4.16. The fourth-order valence-corrected chi connectivity index (χ4v) is 3.15. The standard InChI is InChI=1S/C6H3ClN2O4.C6H5ClO3S.C6H3N3O7/c7-4-1-2-5(8(10)11)6(3-4)9(12)13;7-5-1-3-6(4-2-5)11(8,9)10;10-6-4(8(13)14)1-3(7(11)12)2-5(6)9(15)16/h1-3H;1-4H,(H,8,9,10);1-2,10H. The fraction of sp³-hybridized carbons (Fsp3) is 0. The molecule has 0 aliphatic carbocycles. The molecule has 3 aromatic carbocycles. The molecule has 0 atom stereocenters. The predicted molar refractivity (Wildman–Crippen MR) is 134 cm³/mol. The van der Waals surface area contributed by atoms with Crippen LogP contribution >= 0.6 is 23.2 Å². The van der Waals surface area contributed by atoms with Gasteiger partial charge in [0.05, 0.1) is 41.6 Å². The maximum absolute atomic E-state index is 10.5. The van der Waals surface area contributed by atoms with Gasteiger partial charge in [-0.25, -0.2) is 0 Å². The predicted octanol–water partition coefficient (Wildman–Crippen LogP) is 4.86. The number of nitro groups is 5. The summed E-state index contributed by atoms with van der Waals surface area (Å²) < 4.78 is 29.4. The summed E-state index contributed by atoms with van der Waals surface area (Å²) in [5.74, 6) is -1.21. The Morgan fingerprint density at radius 3 is 1.32 bits per heavy atom. The maximum atomic E-state index is 10.5. The molecule has 0 bridgehead atoms. The highest BCUT2D eigenvalue weighted by molar-refractivity contribution is 7.85. The smallest absolute Gasteiger partial charge is 0.347 e. The van der Waals surface area contributed by atoms with E-state index in [1.54, 1.807) is 0 Å². The van der Waals surface area contributed by atoms with Crippen molar-refractivity contribution in [2.45, 2.75) is 4.90 Å². The zero-order valence-electron chi connectivity index (χ0n) is 18.9. The first-order valence-electron chi connectivity index (χ1n) is 9.48. The van der Waals surface area contributed by atoms with Crippen LogP contribution in [0.1, 0.15) is 0 Å². The lowest BCUT2D eigenvalue weighted by Crippen LogP contribution is -1.97. The van der Waals surface area contributed by atoms with Gasteiger partial charge in [-0.2, -0.15) is 8.42 Å². The van der Waals surface area contributed by atoms with Crippen LogP contribution in [0.15, 0.2) is 59.5 Å². The molecule has 0 saturated carbocycles. The van der Waals surface area contributed by atoms with Gasteiger partial charge in [0.15, 0.2) is 0 Å². The largest absolute Gasteiger partial charge is 0.497 e. The Morgan fingerprint density at radius 1 is 0.575 bits per heavy atom. The molecule has 0 fully saturated rings. The van der Waals surface area contributed by atoms with Crippen LogP contribution in [0.2, 0.25) is 10.0 Å². The number of halogens is 2. The third-order valence-corrected chi connectivity index (χ3v) is 5.46. The Balaban J connectivity index is 0.000000305. The molecular weight excluding hydrogens is 613 g/mol. The zero-order chi connectivity index (χ0) is 30.9. The van der Waals surface area contributed by atoms with Crippen LogP contribution in [-0.2, 0) is 10.1 Å². The van der Waals surface area contributed by atoms with E-state index in [4.69, 9.17) is 32.9 Å². The second-order valence-corrected chi connectivity index (χ2v) is 8.97. The lowest BCUT2D eigenvalue weighted by Gasteiger charge is -1.97. The van der Waals surface area contributed by atoms with E-state index in [0.29, 0.717) is 17.2 Å². The van der Waals surface area contributed by atoms with Crippen molar-refractivity contribution in [2.24, 2.45) is 0 Å². The topological polar surface area (TPSA) is 290 Å². The molecule has 0 amide bonds. The molecule has 0 aromatic heterocycles. The van der Waals surface area contributed by atoms with E-state index in [1.807, 2.05) is 0 Å². The van der Waals surface area contributed by atoms with Crippen molar-refractivity contribution in [3.63, 3.8) is 0 Å². The van der Waals surface area contributed by atoms with Gasteiger partial charge in [-0.3, -0.25) is 55.1 Å². The number of nitrogens with zero attached hydrogens (tertiary/aromatic N) is 5. The van der Waals surface area contributed by atoms with E-state index in [2.05, 4.69) is 0 Å². The third kappa shape index (κ3) is 9.36. The summed E-state index contributed by atoms with van der Waals surface area (Å²) in [7, 11) is -4.08. The molecule has 0 aliphatic heterocycles. The maximum Gasteiger partial charge on any atom is 0.347 e. The minimum atomic E-state index is -4.08. The first-order valence-corrected chi connectivity index (χ1v) is 11.7. The van der Waals surface area contributed by atoms with Crippen molar-refractivity contribution in [1.82, 2.24) is 0 Å². The molecule has 0 radical (unpaired) electrons. The van der Waals surface area contributed by atoms with E-state index in [-0.39, 0.29) is 9.92 Å². The average Bonchev–Trinajstić information content (AvgIpc) is 2.83. The molecule has 0 heterocycles. The molecule has 0 saturated heterocycles. The number of benzene rings is 3. The summed E-state index contributed by atoms with van der Waals surface area (Å²) in [4.78, 5) is 46.6. The van der Waals surface area contributed by atoms with Gasteiger partial charge in [0.1, 0.15) is 0 Å². The highest BCUT2D eigenvalue weighted by Crippen LogP contribution is 2.39. The molecule has 0 unspecified atom stereocenters. The molecule has 40 heavy (non-hydrogen) atoms. The van der Waals surface area contributed by atoms with Gasteiger partial charge in [-0.05, 0) is 30.3 Å². The van der Waals surface area contributed by atoms with Crippen molar-refractivity contribution in [3.8, 4) is 5.75 Å². The van der Waals surface area contributed by atoms with Crippen molar-refractivity contribution >= 4 is 61.8 Å². The number of nitro benzene ring substituents is 5. The van der Waals surface area contributed by atoms with Gasteiger partial charge in [0.2, 0.25) is 0 Å². The molecule has 3 rings (SSSR count). The summed E-state index contributed by atoms with van der Waals surface area (Å²) in [6, 6.07) is 9.32. The van der Waals surface area contributed by atoms with E-state index >= 15 is 0 Å². The van der Waals surface area contributed by atoms with Gasteiger partial charge in [0, 0.05) is 22.2 Å². The van der Waals surface area contributed by atoms with Crippen LogP contribution in [0.4, 0.5) is 28.4 Å². The highest BCUT2D eigenvalue weighted by atomic mass is 35.5. The van der Waals surface area contributed by atoms with Crippen LogP contribution < -0.4 is 0 Å². The Kier molecular flexibility index (Phi) is 11.3. The van der Waals surface area contributed by atoms with E-state index in [9.17, 15) is 59.0 Å². The first kappa shape index (κ1) is 33.0. The number of rotatable bonds is 6. The number of phenolic OH excluding ortho intramolecular Hbond substituents is 1. The minimum Gasteiger partial charge on any atom is -0.497 e. The van der Waals surface area contributed by atoms with Crippen molar-refractivity contribution in [1.29, 1.82) is 0 Å². The number of phenols is 1. The van der Waals surface area contributed by atoms with Crippen molar-refractivity contribution in [3.05, 3.63) is 115 Å². The highest BCUT2D eigenvalue weighted by Gasteiger charge is 2.30. The Bertz CT molecular complexity index is 1560. The van der Waals surface area contributed by atoms with Crippen LogP contribution in [0.25, 0.3) is 0 Å². The van der Waals surface area contributed by atoms with Gasteiger partial charge in [-0.15, -0.1) is 0 Å². The molecule has 2 N–H and O–H groups in total. The third-order valence-electron chi connectivity index (χ3n) is 4.10. The van der Waals surface area contributed by atoms with E-state index < -0.39 is 68.9 Å². The fourth-order valence-electron chi connectivity index (χ4n) is 2.38. The number of non-ortho nitro benzene ring substituents is 1. The Morgan fingerprint density at radius 2 is 0.975 bits per heavy atom. The summed E-state index contributed by atoms with van der Waals surface area (Å²) in [6.45, 7) is 0. The quantitative estimate of drug-likeness (QED) is 0.210. The van der Waals surface area contributed by atoms with Crippen LogP contribution in [0.3, 0.4) is 0 Å². The van der Waals surface area contributed by atoms with E-state index in [1.165, 1.54) is 30.3 Å². The normalized spacial score (nSPS) is 10.2. The molecule has 3 aromatic rings. The first-order chi connectivity index (χ1) is 18.4. The molecule has 19 nitrogen and oxygen atoms in total. The second-order valence-electron chi connectivity index (χ2n) is 6.68. The second kappa shape index (κ2) is 13.7. The molecule has 0 aliphatic rings.